The van der Waals surface area contributed by atoms with E-state index in [-0.39, 0.29) is 42.0 Å². The Morgan fingerprint density at radius 3 is 2.80 bits per heavy atom. The normalized spacial score (nSPS) is 62.2. The van der Waals surface area contributed by atoms with Crippen LogP contribution in [0.1, 0.15) is 33.1 Å². The monoisotopic (exact) mass is 346 g/mol. The first-order valence-corrected chi connectivity index (χ1v) is 9.59. The van der Waals surface area contributed by atoms with Gasteiger partial charge in [0, 0.05) is 11.5 Å². The lowest BCUT2D eigenvalue weighted by Gasteiger charge is -2.46. The topological polar surface area (TPSA) is 84.1 Å². The van der Waals surface area contributed by atoms with Gasteiger partial charge in [-0.2, -0.15) is 0 Å². The third-order valence-corrected chi connectivity index (χ3v) is 8.44. The highest BCUT2D eigenvalue weighted by Gasteiger charge is 2.98. The Labute approximate surface area is 145 Å². The molecule has 9 atom stereocenters. The fourth-order valence-corrected chi connectivity index (χ4v) is 7.24. The second-order valence-electron chi connectivity index (χ2n) is 9.25. The largest absolute Gasteiger partial charge is 0.458 e. The quantitative estimate of drug-likeness (QED) is 0.556. The number of rotatable bonds is 1. The van der Waals surface area contributed by atoms with E-state index in [1.54, 1.807) is 0 Å². The molecule has 5 fully saturated rings. The Kier molecular flexibility index (Phi) is 2.09. The van der Waals surface area contributed by atoms with Gasteiger partial charge < -0.3 is 24.1 Å². The minimum absolute atomic E-state index is 0.00271. The van der Waals surface area contributed by atoms with Gasteiger partial charge in [-0.25, -0.2) is 4.79 Å². The highest BCUT2D eigenvalue weighted by Crippen LogP contribution is 2.79. The van der Waals surface area contributed by atoms with Crippen LogP contribution in [0.4, 0.5) is 0 Å². The Hall–Kier alpha value is -0.950. The van der Waals surface area contributed by atoms with Crippen LogP contribution in [-0.4, -0.2) is 58.9 Å². The molecule has 6 nitrogen and oxygen atoms in total. The first-order valence-electron chi connectivity index (χ1n) is 9.59. The number of ether oxygens (including phenoxy) is 4. The zero-order valence-corrected chi connectivity index (χ0v) is 14.4. The second kappa shape index (κ2) is 3.70. The van der Waals surface area contributed by atoms with Gasteiger partial charge in [-0.15, -0.1) is 0 Å². The van der Waals surface area contributed by atoms with Gasteiger partial charge in [-0.3, -0.25) is 0 Å². The maximum Gasteiger partial charge on any atom is 0.334 e. The van der Waals surface area contributed by atoms with Crippen LogP contribution in [0.5, 0.6) is 0 Å². The standard InChI is InChI=1S/C19H22O6/c1-7(2)17-13(24-17)14-18(25-14)11-4-3-8-10(6-22-15(8)20)9(11)5-12-19(18,23-12)16(17)21/h7,9,11-14,16,21H,3-6H2,1-2H3/t9-,11-,12-,13-,14-,16-,17-,18-,19+/m0/s1. The number of esters is 1. The number of hydrogen-bond acceptors (Lipinski definition) is 6. The molecule has 2 spiro atoms. The summed E-state index contributed by atoms with van der Waals surface area (Å²) in [6.07, 6.45) is 1.88. The maximum atomic E-state index is 12.0. The molecule has 0 unspecified atom stereocenters. The third-order valence-electron chi connectivity index (χ3n) is 8.44. The molecule has 6 heteroatoms. The maximum absolute atomic E-state index is 12.0. The van der Waals surface area contributed by atoms with Crippen LogP contribution < -0.4 is 0 Å². The van der Waals surface area contributed by atoms with Gasteiger partial charge in [0.05, 0.1) is 6.10 Å². The number of epoxide rings is 3. The van der Waals surface area contributed by atoms with E-state index in [1.165, 1.54) is 5.57 Å². The van der Waals surface area contributed by atoms with E-state index in [9.17, 15) is 9.90 Å². The van der Waals surface area contributed by atoms with Crippen LogP contribution in [0.3, 0.4) is 0 Å². The van der Waals surface area contributed by atoms with E-state index in [0.29, 0.717) is 6.61 Å². The Morgan fingerprint density at radius 2 is 2.00 bits per heavy atom. The number of cyclic esters (lactones) is 1. The third kappa shape index (κ3) is 1.18. The molecule has 4 aliphatic heterocycles. The molecule has 0 aromatic heterocycles. The Morgan fingerprint density at radius 1 is 1.16 bits per heavy atom. The molecule has 0 amide bonds. The van der Waals surface area contributed by atoms with Crippen molar-refractivity contribution < 1.29 is 28.8 Å². The Balaban J connectivity index is 1.35. The molecule has 0 bridgehead atoms. The summed E-state index contributed by atoms with van der Waals surface area (Å²) in [4.78, 5) is 12.0. The minimum atomic E-state index is -0.633. The number of hydrogen-bond donors (Lipinski definition) is 1. The van der Waals surface area contributed by atoms with Crippen LogP contribution in [0.2, 0.25) is 0 Å². The molecular formula is C19H22O6. The summed E-state index contributed by atoms with van der Waals surface area (Å²) in [5.41, 5.74) is 0.526. The van der Waals surface area contributed by atoms with E-state index < -0.39 is 22.9 Å². The van der Waals surface area contributed by atoms with Crippen LogP contribution in [-0.2, 0) is 23.7 Å². The number of aliphatic hydroxyl groups excluding tert-OH is 1. The molecule has 3 saturated heterocycles. The SMILES string of the molecule is CC(C)[C@]12O[C@H]1[C@@H]1O[C@@]13[C@H]1CCC4=C(COC4=O)[C@@H]1C[C@@H]1O[C@@]13[C@H]2O. The average Bonchev–Trinajstić information content (AvgIpc) is 3.46. The Bertz CT molecular complexity index is 774. The molecule has 2 saturated carbocycles. The van der Waals surface area contributed by atoms with Gasteiger partial charge in [0.1, 0.15) is 36.1 Å². The fourth-order valence-electron chi connectivity index (χ4n) is 7.24. The summed E-state index contributed by atoms with van der Waals surface area (Å²) in [5.74, 6) is 0.654. The zero-order chi connectivity index (χ0) is 16.9. The summed E-state index contributed by atoms with van der Waals surface area (Å²) < 4.78 is 24.1. The van der Waals surface area contributed by atoms with Crippen molar-refractivity contribution in [3.8, 4) is 0 Å². The van der Waals surface area contributed by atoms with Gasteiger partial charge in [0.25, 0.3) is 0 Å². The van der Waals surface area contributed by atoms with Gasteiger partial charge in [0.2, 0.25) is 0 Å². The van der Waals surface area contributed by atoms with E-state index in [2.05, 4.69) is 13.8 Å². The molecule has 0 aromatic carbocycles. The summed E-state index contributed by atoms with van der Waals surface area (Å²) in [7, 11) is 0. The number of aliphatic hydroxyl groups is 1. The van der Waals surface area contributed by atoms with E-state index in [4.69, 9.17) is 18.9 Å². The van der Waals surface area contributed by atoms with Crippen molar-refractivity contribution in [3.05, 3.63) is 11.1 Å². The molecule has 7 rings (SSSR count). The molecule has 25 heavy (non-hydrogen) atoms. The van der Waals surface area contributed by atoms with Crippen LogP contribution in [0.15, 0.2) is 11.1 Å². The second-order valence-corrected chi connectivity index (χ2v) is 9.25. The van der Waals surface area contributed by atoms with Gasteiger partial charge in [-0.05, 0) is 36.7 Å². The molecule has 4 heterocycles. The number of carbonyl (C=O) groups is 1. The molecule has 0 aromatic rings. The summed E-state index contributed by atoms with van der Waals surface area (Å²) in [5, 5.41) is 11.3. The number of carbonyl (C=O) groups excluding carboxylic acids is 1. The molecule has 0 radical (unpaired) electrons. The lowest BCUT2D eigenvalue weighted by molar-refractivity contribution is -0.136. The van der Waals surface area contributed by atoms with Crippen LogP contribution in [0.25, 0.3) is 0 Å². The average molecular weight is 346 g/mol. The zero-order valence-electron chi connectivity index (χ0n) is 14.4. The highest BCUT2D eigenvalue weighted by atomic mass is 16.7. The highest BCUT2D eigenvalue weighted by molar-refractivity contribution is 5.92. The van der Waals surface area contributed by atoms with Gasteiger partial charge in [0.15, 0.2) is 5.60 Å². The van der Waals surface area contributed by atoms with E-state index >= 15 is 0 Å². The van der Waals surface area contributed by atoms with Crippen molar-refractivity contribution in [2.75, 3.05) is 6.61 Å². The fraction of sp³-hybridized carbons (Fsp3) is 0.842. The molecule has 1 N–H and O–H groups in total. The summed E-state index contributed by atoms with van der Waals surface area (Å²) >= 11 is 0. The van der Waals surface area contributed by atoms with Gasteiger partial charge in [-0.1, -0.05) is 13.8 Å². The first kappa shape index (κ1) is 14.2. The molecule has 134 valence electrons. The first-order chi connectivity index (χ1) is 12.0. The molecule has 3 aliphatic carbocycles. The summed E-state index contributed by atoms with van der Waals surface area (Å²) in [6.45, 7) is 4.64. The minimum Gasteiger partial charge on any atom is -0.458 e. The van der Waals surface area contributed by atoms with Crippen molar-refractivity contribution in [1.82, 2.24) is 0 Å². The predicted molar refractivity (Wildman–Crippen MR) is 82.5 cm³/mol. The van der Waals surface area contributed by atoms with E-state index in [1.807, 2.05) is 0 Å². The van der Waals surface area contributed by atoms with Crippen LogP contribution >= 0.6 is 0 Å². The number of fused-ring (bicyclic) bond motifs is 4. The smallest absolute Gasteiger partial charge is 0.334 e. The van der Waals surface area contributed by atoms with Crippen molar-refractivity contribution in [2.24, 2.45) is 17.8 Å². The van der Waals surface area contributed by atoms with Crippen molar-refractivity contribution >= 4 is 5.97 Å². The predicted octanol–water partition coefficient (Wildman–Crippen LogP) is 0.713. The molecular weight excluding hydrogens is 324 g/mol. The van der Waals surface area contributed by atoms with Crippen LogP contribution in [0, 0.1) is 17.8 Å². The lowest BCUT2D eigenvalue weighted by Crippen LogP contribution is -2.65. The lowest BCUT2D eigenvalue weighted by atomic mass is 9.53. The summed E-state index contributed by atoms with van der Waals surface area (Å²) in [6, 6.07) is 0. The molecule has 7 aliphatic rings. The van der Waals surface area contributed by atoms with E-state index in [0.717, 1.165) is 24.8 Å². The van der Waals surface area contributed by atoms with Crippen molar-refractivity contribution in [3.63, 3.8) is 0 Å². The van der Waals surface area contributed by atoms with Gasteiger partial charge >= 0.3 is 5.97 Å². The van der Waals surface area contributed by atoms with Crippen molar-refractivity contribution in [2.45, 2.75) is 74.3 Å². The van der Waals surface area contributed by atoms with Crippen molar-refractivity contribution in [1.29, 1.82) is 0 Å².